The zero-order valence-electron chi connectivity index (χ0n) is 9.37. The van der Waals surface area contributed by atoms with Gasteiger partial charge in [0.2, 0.25) is 5.91 Å². The summed E-state index contributed by atoms with van der Waals surface area (Å²) in [4.78, 5) is 16.0. The first kappa shape index (κ1) is 12.0. The number of carbonyl (C=O) groups is 1. The molecule has 0 aromatic carbocycles. The lowest BCUT2D eigenvalue weighted by Gasteiger charge is -2.11. The number of hydrogen-bond acceptors (Lipinski definition) is 3. The molecule has 1 saturated carbocycles. The highest BCUT2D eigenvalue weighted by atomic mass is 79.9. The summed E-state index contributed by atoms with van der Waals surface area (Å²) in [6.07, 6.45) is 2.48. The Labute approximate surface area is 108 Å². The van der Waals surface area contributed by atoms with E-state index in [-0.39, 0.29) is 16.7 Å². The van der Waals surface area contributed by atoms with Gasteiger partial charge in [-0.05, 0) is 18.8 Å². The molecule has 1 aromatic heterocycles. The fourth-order valence-electron chi connectivity index (χ4n) is 1.39. The average molecular weight is 303 g/mol. The van der Waals surface area contributed by atoms with Crippen molar-refractivity contribution in [2.75, 3.05) is 5.32 Å². The van der Waals surface area contributed by atoms with Gasteiger partial charge in [0.1, 0.15) is 0 Å². The summed E-state index contributed by atoms with van der Waals surface area (Å²) in [6.45, 7) is 4.02. The number of thiazole rings is 1. The smallest absolute Gasteiger partial charge is 0.240 e. The van der Waals surface area contributed by atoms with Gasteiger partial charge >= 0.3 is 0 Å². The maximum absolute atomic E-state index is 11.8. The minimum Gasteiger partial charge on any atom is -0.301 e. The Bertz CT molecular complexity index is 387. The minimum atomic E-state index is -0.152. The second-order valence-electron chi connectivity index (χ2n) is 4.49. The van der Waals surface area contributed by atoms with E-state index < -0.39 is 0 Å². The highest BCUT2D eigenvalue weighted by Crippen LogP contribution is 2.40. The zero-order valence-corrected chi connectivity index (χ0v) is 11.8. The average Bonchev–Trinajstić information content (AvgIpc) is 2.99. The molecule has 1 N–H and O–H groups in total. The molecule has 1 aliphatic rings. The van der Waals surface area contributed by atoms with E-state index in [0.29, 0.717) is 5.92 Å². The Balaban J connectivity index is 1.94. The Hall–Kier alpha value is -0.420. The third-order valence-corrected chi connectivity index (χ3v) is 4.83. The first-order valence-electron chi connectivity index (χ1n) is 5.48. The highest BCUT2D eigenvalue weighted by Gasteiger charge is 2.26. The summed E-state index contributed by atoms with van der Waals surface area (Å²) in [5.41, 5.74) is 1.14. The summed E-state index contributed by atoms with van der Waals surface area (Å²) < 4.78 is 0. The number of amides is 1. The fraction of sp³-hybridized carbons (Fsp3) is 0.636. The first-order chi connectivity index (χ1) is 7.58. The van der Waals surface area contributed by atoms with Crippen LogP contribution in [0, 0.1) is 5.92 Å². The molecule has 16 heavy (non-hydrogen) atoms. The lowest BCUT2D eigenvalue weighted by atomic mass is 10.1. The maximum Gasteiger partial charge on any atom is 0.240 e. The van der Waals surface area contributed by atoms with Crippen LogP contribution in [0.1, 0.15) is 38.3 Å². The molecule has 0 radical (unpaired) electrons. The van der Waals surface area contributed by atoms with Crippen molar-refractivity contribution in [3.63, 3.8) is 0 Å². The van der Waals surface area contributed by atoms with E-state index >= 15 is 0 Å². The van der Waals surface area contributed by atoms with Crippen molar-refractivity contribution in [3.8, 4) is 0 Å². The van der Waals surface area contributed by atoms with Crippen molar-refractivity contribution in [2.24, 2.45) is 5.92 Å². The summed E-state index contributed by atoms with van der Waals surface area (Å²) in [7, 11) is 0. The van der Waals surface area contributed by atoms with Gasteiger partial charge in [0.25, 0.3) is 0 Å². The topological polar surface area (TPSA) is 42.0 Å². The molecule has 1 heterocycles. The molecule has 3 nitrogen and oxygen atoms in total. The molecule has 0 saturated heterocycles. The van der Waals surface area contributed by atoms with E-state index in [1.807, 2.05) is 19.2 Å². The van der Waals surface area contributed by atoms with Crippen LogP contribution in [-0.4, -0.2) is 15.7 Å². The van der Waals surface area contributed by atoms with Gasteiger partial charge < -0.3 is 5.32 Å². The van der Waals surface area contributed by atoms with Crippen molar-refractivity contribution < 1.29 is 4.79 Å². The van der Waals surface area contributed by atoms with Gasteiger partial charge in [0.15, 0.2) is 5.13 Å². The van der Waals surface area contributed by atoms with Crippen molar-refractivity contribution in [1.82, 2.24) is 4.98 Å². The van der Waals surface area contributed by atoms with Gasteiger partial charge in [-0.2, -0.15) is 0 Å². The molecule has 0 aliphatic heterocycles. The number of anilines is 1. The Morgan fingerprint density at radius 2 is 2.31 bits per heavy atom. The molecule has 2 rings (SSSR count). The van der Waals surface area contributed by atoms with Crippen LogP contribution in [-0.2, 0) is 4.79 Å². The SMILES string of the molecule is CC(C)C(Br)C(=O)Nc1nc(C2CC2)cs1. The molecule has 1 aliphatic carbocycles. The molecule has 1 amide bonds. The van der Waals surface area contributed by atoms with E-state index in [2.05, 4.69) is 26.2 Å². The van der Waals surface area contributed by atoms with Crippen molar-refractivity contribution in [3.05, 3.63) is 11.1 Å². The number of nitrogens with zero attached hydrogens (tertiary/aromatic N) is 1. The predicted molar refractivity (Wildman–Crippen MR) is 70.3 cm³/mol. The molecular formula is C11H15BrN2OS. The van der Waals surface area contributed by atoms with Crippen molar-refractivity contribution in [1.29, 1.82) is 0 Å². The van der Waals surface area contributed by atoms with Crippen LogP contribution in [0.4, 0.5) is 5.13 Å². The number of halogens is 1. The second kappa shape index (κ2) is 4.84. The van der Waals surface area contributed by atoms with Gasteiger partial charge in [-0.3, -0.25) is 4.79 Å². The standard InChI is InChI=1S/C11H15BrN2OS/c1-6(2)9(12)10(15)14-11-13-8(5-16-11)7-3-4-7/h5-7,9H,3-4H2,1-2H3,(H,13,14,15). The van der Waals surface area contributed by atoms with Gasteiger partial charge in [0, 0.05) is 11.3 Å². The maximum atomic E-state index is 11.8. The van der Waals surface area contributed by atoms with Crippen LogP contribution < -0.4 is 5.32 Å². The third-order valence-electron chi connectivity index (χ3n) is 2.58. The number of aromatic nitrogens is 1. The summed E-state index contributed by atoms with van der Waals surface area (Å²) >= 11 is 4.89. The fourth-order valence-corrected chi connectivity index (χ4v) is 2.30. The molecule has 1 unspecified atom stereocenters. The van der Waals surface area contributed by atoms with Gasteiger partial charge in [-0.25, -0.2) is 4.98 Å². The minimum absolute atomic E-state index is 0.00769. The number of alkyl halides is 1. The molecule has 1 fully saturated rings. The molecule has 88 valence electrons. The lowest BCUT2D eigenvalue weighted by molar-refractivity contribution is -0.116. The molecule has 0 bridgehead atoms. The van der Waals surface area contributed by atoms with E-state index in [4.69, 9.17) is 0 Å². The molecule has 1 atom stereocenters. The first-order valence-corrected chi connectivity index (χ1v) is 7.28. The van der Waals surface area contributed by atoms with Crippen LogP contribution >= 0.6 is 27.3 Å². The highest BCUT2D eigenvalue weighted by molar-refractivity contribution is 9.10. The predicted octanol–water partition coefficient (Wildman–Crippen LogP) is 3.38. The van der Waals surface area contributed by atoms with Crippen molar-refractivity contribution in [2.45, 2.75) is 37.4 Å². The number of carbonyl (C=O) groups excluding carboxylic acids is 1. The number of rotatable bonds is 4. The van der Waals surface area contributed by atoms with Gasteiger partial charge in [0.05, 0.1) is 10.5 Å². The molecule has 0 spiro atoms. The molecular weight excluding hydrogens is 288 g/mol. The molecule has 5 heteroatoms. The Morgan fingerprint density at radius 3 is 2.88 bits per heavy atom. The Kier molecular flexibility index (Phi) is 3.64. The van der Waals surface area contributed by atoms with E-state index in [1.54, 1.807) is 0 Å². The quantitative estimate of drug-likeness (QED) is 0.866. The van der Waals surface area contributed by atoms with Crippen LogP contribution in [0.2, 0.25) is 0 Å². The van der Waals surface area contributed by atoms with Crippen LogP contribution in [0.15, 0.2) is 5.38 Å². The van der Waals surface area contributed by atoms with Gasteiger partial charge in [-0.15, -0.1) is 11.3 Å². The van der Waals surface area contributed by atoms with Gasteiger partial charge in [-0.1, -0.05) is 29.8 Å². The summed E-state index contributed by atoms with van der Waals surface area (Å²) in [5.74, 6) is 0.918. The van der Waals surface area contributed by atoms with E-state index in [9.17, 15) is 4.79 Å². The number of nitrogens with one attached hydrogen (secondary N) is 1. The number of hydrogen-bond donors (Lipinski definition) is 1. The molecule has 1 aromatic rings. The normalized spacial score (nSPS) is 17.5. The van der Waals surface area contributed by atoms with E-state index in [0.717, 1.165) is 10.8 Å². The summed E-state index contributed by atoms with van der Waals surface area (Å²) in [6, 6.07) is 0. The van der Waals surface area contributed by atoms with E-state index in [1.165, 1.54) is 24.2 Å². The zero-order chi connectivity index (χ0) is 11.7. The van der Waals surface area contributed by atoms with Crippen LogP contribution in [0.5, 0.6) is 0 Å². The largest absolute Gasteiger partial charge is 0.301 e. The second-order valence-corrected chi connectivity index (χ2v) is 6.33. The third kappa shape index (κ3) is 2.83. The van der Waals surface area contributed by atoms with Crippen LogP contribution in [0.25, 0.3) is 0 Å². The van der Waals surface area contributed by atoms with Crippen LogP contribution in [0.3, 0.4) is 0 Å². The van der Waals surface area contributed by atoms with Crippen molar-refractivity contribution >= 4 is 38.3 Å². The summed E-state index contributed by atoms with van der Waals surface area (Å²) in [5, 5.41) is 5.61. The lowest BCUT2D eigenvalue weighted by Crippen LogP contribution is -2.26. The monoisotopic (exact) mass is 302 g/mol. The Morgan fingerprint density at radius 1 is 1.62 bits per heavy atom.